The molecule has 2 aromatic rings. The monoisotopic (exact) mass is 191 g/mol. The van der Waals surface area contributed by atoms with Gasteiger partial charge in [0.15, 0.2) is 11.5 Å². The zero-order valence-corrected chi connectivity index (χ0v) is 7.65. The SMILES string of the molecule is CCc1nc2ccc(C(=O)O)cc2o1. The van der Waals surface area contributed by atoms with Crippen LogP contribution in [0.25, 0.3) is 11.1 Å². The fraction of sp³-hybridized carbons (Fsp3) is 0.200. The molecule has 2 rings (SSSR count). The molecule has 1 N–H and O–H groups in total. The Hall–Kier alpha value is -1.84. The molecule has 14 heavy (non-hydrogen) atoms. The number of nitrogens with zero attached hydrogens (tertiary/aromatic N) is 1. The van der Waals surface area contributed by atoms with Crippen molar-refractivity contribution in [3.05, 3.63) is 29.7 Å². The molecular formula is C10H9NO3. The highest BCUT2D eigenvalue weighted by Crippen LogP contribution is 2.17. The number of aromatic carboxylic acids is 1. The Kier molecular flexibility index (Phi) is 1.96. The molecule has 1 aromatic heterocycles. The summed E-state index contributed by atoms with van der Waals surface area (Å²) < 4.78 is 5.33. The van der Waals surface area contributed by atoms with E-state index >= 15 is 0 Å². The molecule has 0 aliphatic heterocycles. The third kappa shape index (κ3) is 1.35. The van der Waals surface area contributed by atoms with Crippen LogP contribution in [0.2, 0.25) is 0 Å². The largest absolute Gasteiger partial charge is 0.478 e. The van der Waals surface area contributed by atoms with Crippen molar-refractivity contribution < 1.29 is 14.3 Å². The third-order valence-electron chi connectivity index (χ3n) is 1.98. The summed E-state index contributed by atoms with van der Waals surface area (Å²) in [5.41, 5.74) is 1.45. The van der Waals surface area contributed by atoms with E-state index in [2.05, 4.69) is 4.98 Å². The zero-order chi connectivity index (χ0) is 10.1. The van der Waals surface area contributed by atoms with Crippen LogP contribution in [-0.4, -0.2) is 16.1 Å². The van der Waals surface area contributed by atoms with Gasteiger partial charge < -0.3 is 9.52 Å². The molecule has 4 nitrogen and oxygen atoms in total. The normalized spacial score (nSPS) is 10.6. The number of benzene rings is 1. The fourth-order valence-electron chi connectivity index (χ4n) is 1.26. The number of carboxylic acid groups (broad SMARTS) is 1. The second kappa shape index (κ2) is 3.14. The Bertz CT molecular complexity index is 487. The van der Waals surface area contributed by atoms with Gasteiger partial charge in [-0.2, -0.15) is 0 Å². The number of fused-ring (bicyclic) bond motifs is 1. The van der Waals surface area contributed by atoms with Crippen LogP contribution < -0.4 is 0 Å². The number of aryl methyl sites for hydroxylation is 1. The summed E-state index contributed by atoms with van der Waals surface area (Å²) in [5, 5.41) is 8.75. The lowest BCUT2D eigenvalue weighted by atomic mass is 10.2. The molecule has 1 heterocycles. The predicted octanol–water partition coefficient (Wildman–Crippen LogP) is 2.09. The average Bonchev–Trinajstić information content (AvgIpc) is 2.58. The van der Waals surface area contributed by atoms with E-state index in [-0.39, 0.29) is 5.56 Å². The minimum Gasteiger partial charge on any atom is -0.478 e. The van der Waals surface area contributed by atoms with Gasteiger partial charge in [-0.3, -0.25) is 0 Å². The summed E-state index contributed by atoms with van der Waals surface area (Å²) >= 11 is 0. The first-order chi connectivity index (χ1) is 6.70. The third-order valence-corrected chi connectivity index (χ3v) is 1.98. The van der Waals surface area contributed by atoms with Gasteiger partial charge >= 0.3 is 5.97 Å². The predicted molar refractivity (Wildman–Crippen MR) is 50.3 cm³/mol. The molecule has 0 amide bonds. The van der Waals surface area contributed by atoms with Crippen LogP contribution in [0, 0.1) is 0 Å². The van der Waals surface area contributed by atoms with Crippen molar-refractivity contribution in [1.82, 2.24) is 4.98 Å². The minimum absolute atomic E-state index is 0.219. The van der Waals surface area contributed by atoms with Gasteiger partial charge in [0.25, 0.3) is 0 Å². The Balaban J connectivity index is 2.59. The first kappa shape index (κ1) is 8.74. The summed E-state index contributed by atoms with van der Waals surface area (Å²) in [6, 6.07) is 4.66. The van der Waals surface area contributed by atoms with Crippen LogP contribution in [0.3, 0.4) is 0 Å². The lowest BCUT2D eigenvalue weighted by Gasteiger charge is -1.91. The molecule has 0 aliphatic rings. The van der Waals surface area contributed by atoms with Crippen molar-refractivity contribution >= 4 is 17.1 Å². The molecule has 0 radical (unpaired) electrons. The topological polar surface area (TPSA) is 63.3 Å². The maximum atomic E-state index is 10.7. The van der Waals surface area contributed by atoms with E-state index in [9.17, 15) is 4.79 Å². The average molecular weight is 191 g/mol. The molecule has 0 aliphatic carbocycles. The number of hydrogen-bond acceptors (Lipinski definition) is 3. The smallest absolute Gasteiger partial charge is 0.335 e. The van der Waals surface area contributed by atoms with Crippen molar-refractivity contribution in [2.75, 3.05) is 0 Å². The number of aromatic nitrogens is 1. The second-order valence-electron chi connectivity index (χ2n) is 2.95. The molecule has 4 heteroatoms. The highest BCUT2D eigenvalue weighted by molar-refractivity contribution is 5.91. The lowest BCUT2D eigenvalue weighted by molar-refractivity contribution is 0.0697. The Morgan fingerprint density at radius 1 is 1.57 bits per heavy atom. The van der Waals surface area contributed by atoms with Crippen LogP contribution in [0.15, 0.2) is 22.6 Å². The van der Waals surface area contributed by atoms with E-state index in [0.717, 1.165) is 0 Å². The molecule has 0 saturated carbocycles. The van der Waals surface area contributed by atoms with Crippen LogP contribution in [0.4, 0.5) is 0 Å². The summed E-state index contributed by atoms with van der Waals surface area (Å²) in [4.78, 5) is 14.8. The molecule has 0 unspecified atom stereocenters. The summed E-state index contributed by atoms with van der Waals surface area (Å²) in [5.74, 6) is -0.330. The first-order valence-corrected chi connectivity index (χ1v) is 4.33. The molecule has 0 spiro atoms. The molecule has 0 fully saturated rings. The molecule has 0 bridgehead atoms. The van der Waals surface area contributed by atoms with Gasteiger partial charge in [-0.05, 0) is 18.2 Å². The fourth-order valence-corrected chi connectivity index (χ4v) is 1.26. The molecule has 1 aromatic carbocycles. The van der Waals surface area contributed by atoms with Gasteiger partial charge in [0.2, 0.25) is 0 Å². The minimum atomic E-state index is -0.957. The molecular weight excluding hydrogens is 182 g/mol. The van der Waals surface area contributed by atoms with E-state index < -0.39 is 5.97 Å². The Labute approximate surface area is 80.2 Å². The molecule has 0 atom stereocenters. The van der Waals surface area contributed by atoms with Crippen molar-refractivity contribution in [2.24, 2.45) is 0 Å². The number of carboxylic acids is 1. The van der Waals surface area contributed by atoms with Crippen molar-refractivity contribution in [2.45, 2.75) is 13.3 Å². The summed E-state index contributed by atoms with van der Waals surface area (Å²) in [6.45, 7) is 1.93. The van der Waals surface area contributed by atoms with Gasteiger partial charge in [-0.1, -0.05) is 6.92 Å². The number of carbonyl (C=O) groups is 1. The van der Waals surface area contributed by atoms with Crippen LogP contribution in [0.1, 0.15) is 23.2 Å². The van der Waals surface area contributed by atoms with Gasteiger partial charge in [0.1, 0.15) is 5.52 Å². The zero-order valence-electron chi connectivity index (χ0n) is 7.65. The maximum Gasteiger partial charge on any atom is 0.335 e. The lowest BCUT2D eigenvalue weighted by Crippen LogP contribution is -1.94. The quantitative estimate of drug-likeness (QED) is 0.789. The maximum absolute atomic E-state index is 10.7. The van der Waals surface area contributed by atoms with E-state index in [4.69, 9.17) is 9.52 Å². The number of oxazole rings is 1. The molecule has 72 valence electrons. The highest BCUT2D eigenvalue weighted by Gasteiger charge is 2.08. The highest BCUT2D eigenvalue weighted by atomic mass is 16.4. The van der Waals surface area contributed by atoms with E-state index in [1.807, 2.05) is 6.92 Å². The van der Waals surface area contributed by atoms with E-state index in [1.165, 1.54) is 12.1 Å². The van der Waals surface area contributed by atoms with Crippen molar-refractivity contribution in [3.8, 4) is 0 Å². The number of rotatable bonds is 2. The Morgan fingerprint density at radius 2 is 2.36 bits per heavy atom. The summed E-state index contributed by atoms with van der Waals surface area (Å²) in [6.07, 6.45) is 0.705. The van der Waals surface area contributed by atoms with Crippen LogP contribution in [0.5, 0.6) is 0 Å². The van der Waals surface area contributed by atoms with Crippen LogP contribution >= 0.6 is 0 Å². The Morgan fingerprint density at radius 3 is 3.00 bits per heavy atom. The summed E-state index contributed by atoms with van der Waals surface area (Å²) in [7, 11) is 0. The van der Waals surface area contributed by atoms with Gasteiger partial charge in [0.05, 0.1) is 5.56 Å². The first-order valence-electron chi connectivity index (χ1n) is 4.33. The standard InChI is InChI=1S/C10H9NO3/c1-2-9-11-7-4-3-6(10(12)13)5-8(7)14-9/h3-5H,2H2,1H3,(H,12,13). The van der Waals surface area contributed by atoms with Gasteiger partial charge in [-0.15, -0.1) is 0 Å². The van der Waals surface area contributed by atoms with Crippen molar-refractivity contribution in [1.29, 1.82) is 0 Å². The van der Waals surface area contributed by atoms with Crippen LogP contribution in [-0.2, 0) is 6.42 Å². The van der Waals surface area contributed by atoms with E-state index in [1.54, 1.807) is 6.07 Å². The molecule has 0 saturated heterocycles. The van der Waals surface area contributed by atoms with Gasteiger partial charge in [-0.25, -0.2) is 9.78 Å². The van der Waals surface area contributed by atoms with Gasteiger partial charge in [0, 0.05) is 6.42 Å². The van der Waals surface area contributed by atoms with E-state index in [0.29, 0.717) is 23.4 Å². The second-order valence-corrected chi connectivity index (χ2v) is 2.95. The number of hydrogen-bond donors (Lipinski definition) is 1. The van der Waals surface area contributed by atoms with Crippen molar-refractivity contribution in [3.63, 3.8) is 0 Å².